The topological polar surface area (TPSA) is 89.9 Å². The number of ether oxygens (including phenoxy) is 2. The van der Waals surface area contributed by atoms with Gasteiger partial charge in [-0.1, -0.05) is 18.6 Å². The summed E-state index contributed by atoms with van der Waals surface area (Å²) in [7, 11) is 0. The summed E-state index contributed by atoms with van der Waals surface area (Å²) >= 11 is 0. The Labute approximate surface area is 180 Å². The summed E-state index contributed by atoms with van der Waals surface area (Å²) in [6.45, 7) is 6.98. The molecule has 6 nitrogen and oxygen atoms in total. The molecule has 4 aliphatic carbocycles. The summed E-state index contributed by atoms with van der Waals surface area (Å²) in [6, 6.07) is 0. The van der Waals surface area contributed by atoms with Crippen molar-refractivity contribution < 1.29 is 33.4 Å². The van der Waals surface area contributed by atoms with Gasteiger partial charge in [-0.2, -0.15) is 0 Å². The number of carbonyl (C=O) groups is 3. The number of hydrogen-bond acceptors (Lipinski definition) is 6. The average molecular weight is 432 g/mol. The van der Waals surface area contributed by atoms with E-state index in [1.165, 1.54) is 12.2 Å². The molecule has 5 aliphatic rings. The van der Waals surface area contributed by atoms with E-state index in [1.807, 2.05) is 6.92 Å². The van der Waals surface area contributed by atoms with Gasteiger partial charge in [0.25, 0.3) is 0 Å². The standard InChI is InChI=1S/C24H29FO6/c1-20(2)30-19-10-16-15-6-5-13-9-14(27)7-8-21(13,3)23(15,25)17(28)11-22(16,4)24(19,31-20)18(29)12-26/h7-9,12,15-17,19,28H,5-6,10-11H2,1-4H3/t15-,16-,17-,19+,21-,22-,23-,24+/m0/s1. The van der Waals surface area contributed by atoms with Gasteiger partial charge in [0.05, 0.1) is 12.2 Å². The molecular weight excluding hydrogens is 403 g/mol. The van der Waals surface area contributed by atoms with Crippen LogP contribution in [0, 0.1) is 22.7 Å². The first kappa shape index (κ1) is 21.2. The van der Waals surface area contributed by atoms with Crippen molar-refractivity contribution in [2.24, 2.45) is 22.7 Å². The maximum Gasteiger partial charge on any atom is 0.230 e. The smallest absolute Gasteiger partial charge is 0.230 e. The van der Waals surface area contributed by atoms with Crippen LogP contribution in [0.2, 0.25) is 0 Å². The largest absolute Gasteiger partial charge is 0.390 e. The lowest BCUT2D eigenvalue weighted by atomic mass is 9.44. The van der Waals surface area contributed by atoms with Crippen LogP contribution in [0.5, 0.6) is 0 Å². The number of hydrogen-bond donors (Lipinski definition) is 1. The van der Waals surface area contributed by atoms with Gasteiger partial charge in [0.15, 0.2) is 29.1 Å². The molecular formula is C24H29FO6. The molecule has 5 rings (SSSR count). The van der Waals surface area contributed by atoms with Crippen LogP contribution in [0.4, 0.5) is 4.39 Å². The van der Waals surface area contributed by atoms with Gasteiger partial charge in [0.2, 0.25) is 5.78 Å². The third-order valence-corrected chi connectivity index (χ3v) is 9.11. The van der Waals surface area contributed by atoms with Crippen LogP contribution in [-0.4, -0.2) is 52.2 Å². The minimum Gasteiger partial charge on any atom is -0.390 e. The molecule has 0 amide bonds. The zero-order valence-corrected chi connectivity index (χ0v) is 18.3. The van der Waals surface area contributed by atoms with Gasteiger partial charge in [-0.05, 0) is 64.5 Å². The predicted molar refractivity (Wildman–Crippen MR) is 108 cm³/mol. The number of ketones is 2. The molecule has 0 spiro atoms. The van der Waals surface area contributed by atoms with Crippen molar-refractivity contribution in [3.8, 4) is 0 Å². The minimum atomic E-state index is -2.00. The Morgan fingerprint density at radius 2 is 1.97 bits per heavy atom. The zero-order valence-electron chi connectivity index (χ0n) is 18.3. The molecule has 1 saturated heterocycles. The summed E-state index contributed by atoms with van der Waals surface area (Å²) < 4.78 is 29.4. The van der Waals surface area contributed by atoms with Crippen molar-refractivity contribution >= 4 is 17.9 Å². The van der Waals surface area contributed by atoms with Crippen molar-refractivity contribution in [2.75, 3.05) is 0 Å². The Morgan fingerprint density at radius 1 is 1.26 bits per heavy atom. The molecule has 0 unspecified atom stereocenters. The lowest BCUT2D eigenvalue weighted by Crippen LogP contribution is -2.69. The summed E-state index contributed by atoms with van der Waals surface area (Å²) in [4.78, 5) is 36.6. The van der Waals surface area contributed by atoms with E-state index in [1.54, 1.807) is 26.8 Å². The first-order chi connectivity index (χ1) is 14.4. The van der Waals surface area contributed by atoms with E-state index in [-0.39, 0.29) is 24.4 Å². The zero-order chi connectivity index (χ0) is 22.6. The third kappa shape index (κ3) is 2.25. The van der Waals surface area contributed by atoms with Crippen LogP contribution in [0.3, 0.4) is 0 Å². The summed E-state index contributed by atoms with van der Waals surface area (Å²) in [5.74, 6) is -2.83. The number of alkyl halides is 1. The minimum absolute atomic E-state index is 0.0369. The number of Topliss-reactive ketones (excluding diaryl/α,β-unsaturated/α-hetero) is 1. The first-order valence-electron chi connectivity index (χ1n) is 11.0. The Balaban J connectivity index is 1.65. The van der Waals surface area contributed by atoms with Gasteiger partial charge in [-0.25, -0.2) is 4.39 Å². The average Bonchev–Trinajstić information content (AvgIpc) is 3.09. The maximum absolute atomic E-state index is 17.1. The van der Waals surface area contributed by atoms with E-state index in [2.05, 4.69) is 0 Å². The van der Waals surface area contributed by atoms with Crippen molar-refractivity contribution in [1.82, 2.24) is 0 Å². The van der Waals surface area contributed by atoms with Gasteiger partial charge >= 0.3 is 0 Å². The van der Waals surface area contributed by atoms with Crippen LogP contribution in [-0.2, 0) is 23.9 Å². The molecule has 0 radical (unpaired) electrons. The number of aliphatic hydroxyl groups is 1. The molecule has 1 heterocycles. The molecule has 8 atom stereocenters. The molecule has 0 bridgehead atoms. The van der Waals surface area contributed by atoms with Gasteiger partial charge < -0.3 is 14.6 Å². The van der Waals surface area contributed by atoms with Crippen molar-refractivity contribution in [3.63, 3.8) is 0 Å². The van der Waals surface area contributed by atoms with E-state index >= 15 is 4.39 Å². The molecule has 1 N–H and O–H groups in total. The predicted octanol–water partition coefficient (Wildman–Crippen LogP) is 2.63. The summed E-state index contributed by atoms with van der Waals surface area (Å²) in [5, 5.41) is 11.3. The molecule has 4 fully saturated rings. The third-order valence-electron chi connectivity index (χ3n) is 9.11. The Bertz CT molecular complexity index is 954. The van der Waals surface area contributed by atoms with Crippen LogP contribution in [0.25, 0.3) is 0 Å². The number of carbonyl (C=O) groups excluding carboxylic acids is 3. The fourth-order valence-electron chi connectivity index (χ4n) is 7.83. The molecule has 3 saturated carbocycles. The van der Waals surface area contributed by atoms with E-state index in [9.17, 15) is 19.5 Å². The fraction of sp³-hybridized carbons (Fsp3) is 0.708. The Kier molecular flexibility index (Phi) is 4.09. The van der Waals surface area contributed by atoms with Gasteiger partial charge in [0, 0.05) is 16.7 Å². The van der Waals surface area contributed by atoms with Gasteiger partial charge in [-0.15, -0.1) is 0 Å². The second-order valence-electron chi connectivity index (χ2n) is 10.8. The number of fused-ring (bicyclic) bond motifs is 7. The van der Waals surface area contributed by atoms with Crippen molar-refractivity contribution in [3.05, 3.63) is 23.8 Å². The second-order valence-corrected chi connectivity index (χ2v) is 10.8. The SMILES string of the molecule is CC1(C)O[C@@H]2C[C@H]3[C@@H]4CCC5=CC(=O)C=C[C@]5(C)[C@@]4(F)[C@@H](O)C[C@]3(C)[C@]2(C(=O)C=O)O1. The number of aliphatic hydroxyl groups excluding tert-OH is 1. The Hall–Kier alpha value is -1.70. The van der Waals surface area contributed by atoms with Crippen molar-refractivity contribution in [1.29, 1.82) is 0 Å². The quantitative estimate of drug-likeness (QED) is 0.533. The molecule has 168 valence electrons. The van der Waals surface area contributed by atoms with E-state index < -0.39 is 51.8 Å². The monoisotopic (exact) mass is 432 g/mol. The summed E-state index contributed by atoms with van der Waals surface area (Å²) in [6.07, 6.45) is 3.98. The van der Waals surface area contributed by atoms with Crippen LogP contribution >= 0.6 is 0 Å². The Morgan fingerprint density at radius 3 is 2.65 bits per heavy atom. The number of aldehydes is 1. The number of allylic oxidation sites excluding steroid dienone is 4. The highest BCUT2D eigenvalue weighted by Crippen LogP contribution is 2.72. The van der Waals surface area contributed by atoms with E-state index in [0.29, 0.717) is 24.8 Å². The lowest BCUT2D eigenvalue weighted by molar-refractivity contribution is -0.244. The highest BCUT2D eigenvalue weighted by atomic mass is 19.1. The van der Waals surface area contributed by atoms with Gasteiger partial charge in [0.1, 0.15) is 0 Å². The van der Waals surface area contributed by atoms with Crippen LogP contribution in [0.1, 0.15) is 53.4 Å². The second kappa shape index (κ2) is 6.00. The lowest BCUT2D eigenvalue weighted by Gasteiger charge is -2.62. The van der Waals surface area contributed by atoms with Crippen molar-refractivity contribution in [2.45, 2.75) is 82.6 Å². The number of halogens is 1. The maximum atomic E-state index is 17.1. The molecule has 1 aliphatic heterocycles. The molecule has 0 aromatic carbocycles. The highest BCUT2D eigenvalue weighted by Gasteiger charge is 2.80. The van der Waals surface area contributed by atoms with E-state index in [4.69, 9.17) is 9.47 Å². The van der Waals surface area contributed by atoms with Crippen LogP contribution in [0.15, 0.2) is 23.8 Å². The first-order valence-corrected chi connectivity index (χ1v) is 11.0. The highest BCUT2D eigenvalue weighted by molar-refractivity contribution is 6.29. The molecule has 7 heteroatoms. The normalized spacial score (nSPS) is 51.9. The number of rotatable bonds is 2. The molecule has 0 aromatic rings. The summed E-state index contributed by atoms with van der Waals surface area (Å²) in [5.41, 5.74) is -4.91. The molecule has 31 heavy (non-hydrogen) atoms. The van der Waals surface area contributed by atoms with E-state index in [0.717, 1.165) is 0 Å². The van der Waals surface area contributed by atoms with Gasteiger partial charge in [-0.3, -0.25) is 14.4 Å². The van der Waals surface area contributed by atoms with Crippen LogP contribution < -0.4 is 0 Å². The fourth-order valence-corrected chi connectivity index (χ4v) is 7.83. The molecule has 0 aromatic heterocycles.